The Labute approximate surface area is 174 Å². The van der Waals surface area contributed by atoms with E-state index in [2.05, 4.69) is 16.9 Å². The highest BCUT2D eigenvalue weighted by Gasteiger charge is 2.36. The maximum absolute atomic E-state index is 13.0. The smallest absolute Gasteiger partial charge is 0.240 e. The molecule has 0 heterocycles. The van der Waals surface area contributed by atoms with Crippen LogP contribution in [0, 0.1) is 6.92 Å². The first-order chi connectivity index (χ1) is 13.9. The van der Waals surface area contributed by atoms with E-state index in [4.69, 9.17) is 9.47 Å². The molecule has 1 fully saturated rings. The number of rotatable bonds is 9. The van der Waals surface area contributed by atoms with Crippen LogP contribution in [-0.4, -0.2) is 28.7 Å². The van der Waals surface area contributed by atoms with Crippen molar-refractivity contribution in [1.29, 1.82) is 0 Å². The SMILES string of the molecule is CCCOc1ccc(S(=O)(=O)NCC2(c3ccc(OC)cc3)CCCC2)cc1C. The fraction of sp³-hybridized carbons (Fsp3) is 0.478. The zero-order chi connectivity index (χ0) is 20.9. The van der Waals surface area contributed by atoms with Crippen molar-refractivity contribution < 1.29 is 17.9 Å². The molecule has 0 aromatic heterocycles. The van der Waals surface area contributed by atoms with E-state index >= 15 is 0 Å². The lowest BCUT2D eigenvalue weighted by atomic mass is 9.79. The molecule has 29 heavy (non-hydrogen) atoms. The lowest BCUT2D eigenvalue weighted by Crippen LogP contribution is -2.39. The summed E-state index contributed by atoms with van der Waals surface area (Å²) in [5.41, 5.74) is 1.82. The summed E-state index contributed by atoms with van der Waals surface area (Å²) >= 11 is 0. The predicted molar refractivity (Wildman–Crippen MR) is 115 cm³/mol. The van der Waals surface area contributed by atoms with Crippen LogP contribution >= 0.6 is 0 Å². The third kappa shape index (κ3) is 4.93. The Morgan fingerprint density at radius 2 is 1.76 bits per heavy atom. The highest BCUT2D eigenvalue weighted by atomic mass is 32.2. The molecular weight excluding hydrogens is 386 g/mol. The molecule has 0 saturated heterocycles. The third-order valence-electron chi connectivity index (χ3n) is 5.78. The molecule has 1 aliphatic carbocycles. The molecule has 1 N–H and O–H groups in total. The van der Waals surface area contributed by atoms with Gasteiger partial charge in [-0.15, -0.1) is 0 Å². The quantitative estimate of drug-likeness (QED) is 0.648. The molecule has 0 spiro atoms. The third-order valence-corrected chi connectivity index (χ3v) is 7.18. The van der Waals surface area contributed by atoms with Gasteiger partial charge in [0.25, 0.3) is 0 Å². The number of sulfonamides is 1. The summed E-state index contributed by atoms with van der Waals surface area (Å²) in [4.78, 5) is 0.279. The minimum atomic E-state index is -3.60. The first-order valence-corrected chi connectivity index (χ1v) is 11.8. The van der Waals surface area contributed by atoms with E-state index in [1.54, 1.807) is 25.3 Å². The summed E-state index contributed by atoms with van der Waals surface area (Å²) in [5.74, 6) is 1.54. The van der Waals surface area contributed by atoms with Crippen LogP contribution in [0.5, 0.6) is 11.5 Å². The zero-order valence-corrected chi connectivity index (χ0v) is 18.3. The number of aryl methyl sites for hydroxylation is 1. The lowest BCUT2D eigenvalue weighted by Gasteiger charge is -2.30. The number of ether oxygens (including phenoxy) is 2. The van der Waals surface area contributed by atoms with E-state index in [1.807, 2.05) is 26.0 Å². The Balaban J connectivity index is 1.77. The average Bonchev–Trinajstić information content (AvgIpc) is 3.22. The van der Waals surface area contributed by atoms with Crippen molar-refractivity contribution in [3.05, 3.63) is 53.6 Å². The largest absolute Gasteiger partial charge is 0.497 e. The Morgan fingerprint density at radius 1 is 1.07 bits per heavy atom. The topological polar surface area (TPSA) is 64.6 Å². The molecule has 0 atom stereocenters. The Kier molecular flexibility index (Phi) is 6.85. The van der Waals surface area contributed by atoms with Gasteiger partial charge in [0.2, 0.25) is 10.0 Å². The fourth-order valence-electron chi connectivity index (χ4n) is 4.04. The zero-order valence-electron chi connectivity index (χ0n) is 17.5. The van der Waals surface area contributed by atoms with Gasteiger partial charge in [0, 0.05) is 12.0 Å². The van der Waals surface area contributed by atoms with Crippen molar-refractivity contribution in [2.24, 2.45) is 0 Å². The molecule has 2 aromatic rings. The molecule has 1 aliphatic rings. The minimum Gasteiger partial charge on any atom is -0.497 e. The van der Waals surface area contributed by atoms with Crippen molar-refractivity contribution in [3.8, 4) is 11.5 Å². The average molecular weight is 418 g/mol. The van der Waals surface area contributed by atoms with Gasteiger partial charge in [-0.05, 0) is 67.6 Å². The molecule has 0 aliphatic heterocycles. The van der Waals surface area contributed by atoms with Crippen molar-refractivity contribution in [2.75, 3.05) is 20.3 Å². The van der Waals surface area contributed by atoms with Gasteiger partial charge < -0.3 is 9.47 Å². The van der Waals surface area contributed by atoms with Crippen LogP contribution in [0.1, 0.15) is 50.2 Å². The summed E-state index contributed by atoms with van der Waals surface area (Å²) in [6.07, 6.45) is 5.08. The van der Waals surface area contributed by atoms with Gasteiger partial charge >= 0.3 is 0 Å². The van der Waals surface area contributed by atoms with Crippen LogP contribution in [0.4, 0.5) is 0 Å². The molecule has 0 radical (unpaired) electrons. The molecule has 2 aromatic carbocycles. The summed E-state index contributed by atoms with van der Waals surface area (Å²) < 4.78 is 39.7. The van der Waals surface area contributed by atoms with Gasteiger partial charge in [0.1, 0.15) is 11.5 Å². The van der Waals surface area contributed by atoms with E-state index in [-0.39, 0.29) is 10.3 Å². The van der Waals surface area contributed by atoms with E-state index in [0.717, 1.165) is 54.7 Å². The number of benzene rings is 2. The molecule has 0 amide bonds. The van der Waals surface area contributed by atoms with E-state index in [0.29, 0.717) is 13.2 Å². The number of methoxy groups -OCH3 is 1. The highest BCUT2D eigenvalue weighted by Crippen LogP contribution is 2.41. The standard InChI is InChI=1S/C23H31NO4S/c1-4-15-28-22-12-11-21(16-18(22)2)29(25,26)24-17-23(13-5-6-14-23)19-7-9-20(27-3)10-8-19/h7-12,16,24H,4-6,13-15,17H2,1-3H3. The van der Waals surface area contributed by atoms with Crippen LogP contribution in [-0.2, 0) is 15.4 Å². The van der Waals surface area contributed by atoms with Crippen molar-refractivity contribution >= 4 is 10.0 Å². The van der Waals surface area contributed by atoms with Crippen molar-refractivity contribution in [1.82, 2.24) is 4.72 Å². The first-order valence-electron chi connectivity index (χ1n) is 10.3. The van der Waals surface area contributed by atoms with Gasteiger partial charge in [0.15, 0.2) is 0 Å². The number of hydrogen-bond donors (Lipinski definition) is 1. The molecule has 0 bridgehead atoms. The van der Waals surface area contributed by atoms with Gasteiger partial charge in [-0.1, -0.05) is 31.9 Å². The van der Waals surface area contributed by atoms with E-state index < -0.39 is 10.0 Å². The van der Waals surface area contributed by atoms with Crippen LogP contribution in [0.15, 0.2) is 47.4 Å². The molecule has 6 heteroatoms. The maximum Gasteiger partial charge on any atom is 0.240 e. The van der Waals surface area contributed by atoms with Crippen LogP contribution in [0.3, 0.4) is 0 Å². The predicted octanol–water partition coefficient (Wildman–Crippen LogP) is 4.58. The van der Waals surface area contributed by atoms with E-state index in [9.17, 15) is 8.42 Å². The lowest BCUT2D eigenvalue weighted by molar-refractivity contribution is 0.315. The Morgan fingerprint density at radius 3 is 2.34 bits per heavy atom. The van der Waals surface area contributed by atoms with Gasteiger partial charge in [-0.2, -0.15) is 0 Å². The summed E-state index contributed by atoms with van der Waals surface area (Å²) in [7, 11) is -1.95. The molecule has 0 unspecified atom stereocenters. The highest BCUT2D eigenvalue weighted by molar-refractivity contribution is 7.89. The Bertz CT molecular complexity index is 916. The van der Waals surface area contributed by atoms with Crippen LogP contribution in [0.25, 0.3) is 0 Å². The fourth-order valence-corrected chi connectivity index (χ4v) is 5.26. The Hall–Kier alpha value is -2.05. The second-order valence-corrected chi connectivity index (χ2v) is 9.58. The minimum absolute atomic E-state index is 0.168. The summed E-state index contributed by atoms with van der Waals surface area (Å²) in [6.45, 7) is 4.93. The van der Waals surface area contributed by atoms with Crippen LogP contribution in [0.2, 0.25) is 0 Å². The molecule has 158 valence electrons. The summed E-state index contributed by atoms with van der Waals surface area (Å²) in [5, 5.41) is 0. The molecular formula is C23H31NO4S. The first kappa shape index (κ1) is 21.7. The monoisotopic (exact) mass is 417 g/mol. The van der Waals surface area contributed by atoms with Gasteiger partial charge in [-0.3, -0.25) is 0 Å². The van der Waals surface area contributed by atoms with Crippen molar-refractivity contribution in [2.45, 2.75) is 56.3 Å². The van der Waals surface area contributed by atoms with E-state index in [1.165, 1.54) is 0 Å². The maximum atomic E-state index is 13.0. The molecule has 1 saturated carbocycles. The summed E-state index contributed by atoms with van der Waals surface area (Å²) in [6, 6.07) is 13.1. The number of nitrogens with one attached hydrogen (secondary N) is 1. The molecule has 5 nitrogen and oxygen atoms in total. The van der Waals surface area contributed by atoms with Crippen molar-refractivity contribution in [3.63, 3.8) is 0 Å². The molecule has 3 rings (SSSR count). The van der Waals surface area contributed by atoms with Gasteiger partial charge in [-0.25, -0.2) is 13.1 Å². The number of hydrogen-bond acceptors (Lipinski definition) is 4. The normalized spacial score (nSPS) is 16.0. The second kappa shape index (κ2) is 9.18. The second-order valence-electron chi connectivity index (χ2n) is 7.82. The van der Waals surface area contributed by atoms with Crippen LogP contribution < -0.4 is 14.2 Å². The van der Waals surface area contributed by atoms with Gasteiger partial charge in [0.05, 0.1) is 18.6 Å².